The van der Waals surface area contributed by atoms with Gasteiger partial charge in [0.2, 0.25) is 5.91 Å². The lowest BCUT2D eigenvalue weighted by Gasteiger charge is -2.03. The fourth-order valence-corrected chi connectivity index (χ4v) is 2.48. The van der Waals surface area contributed by atoms with Crippen LogP contribution in [0.2, 0.25) is 0 Å². The SMILES string of the molecule is CCCCCCCCCCCCCCCC(=O)NCO. The van der Waals surface area contributed by atoms with E-state index in [1.165, 1.54) is 70.6 Å². The summed E-state index contributed by atoms with van der Waals surface area (Å²) in [6.45, 7) is 2.02. The van der Waals surface area contributed by atoms with E-state index < -0.39 is 0 Å². The molecule has 3 nitrogen and oxygen atoms in total. The number of rotatable bonds is 15. The van der Waals surface area contributed by atoms with Crippen molar-refractivity contribution in [1.29, 1.82) is 0 Å². The highest BCUT2D eigenvalue weighted by atomic mass is 16.3. The van der Waals surface area contributed by atoms with Gasteiger partial charge < -0.3 is 10.4 Å². The van der Waals surface area contributed by atoms with E-state index in [1.54, 1.807) is 0 Å². The van der Waals surface area contributed by atoms with Gasteiger partial charge in [-0.15, -0.1) is 0 Å². The molecule has 20 heavy (non-hydrogen) atoms. The van der Waals surface area contributed by atoms with Crippen molar-refractivity contribution in [3.8, 4) is 0 Å². The maximum atomic E-state index is 11.1. The zero-order chi connectivity index (χ0) is 14.9. The Labute approximate surface area is 125 Å². The average Bonchev–Trinajstić information content (AvgIpc) is 2.44. The molecule has 0 rings (SSSR count). The minimum absolute atomic E-state index is 0.0319. The van der Waals surface area contributed by atoms with Crippen LogP contribution >= 0.6 is 0 Å². The molecule has 0 aromatic heterocycles. The minimum atomic E-state index is -0.239. The Kier molecular flexibility index (Phi) is 16.0. The van der Waals surface area contributed by atoms with Crippen LogP contribution in [0, 0.1) is 0 Å². The highest BCUT2D eigenvalue weighted by Crippen LogP contribution is 2.12. The van der Waals surface area contributed by atoms with Crippen LogP contribution in [0.4, 0.5) is 0 Å². The van der Waals surface area contributed by atoms with Crippen molar-refractivity contribution in [1.82, 2.24) is 5.32 Å². The van der Waals surface area contributed by atoms with Crippen LogP contribution in [-0.2, 0) is 4.79 Å². The lowest BCUT2D eigenvalue weighted by Crippen LogP contribution is -2.23. The predicted octanol–water partition coefficient (Wildman–Crippen LogP) is 4.53. The first-order valence-electron chi connectivity index (χ1n) is 8.68. The maximum absolute atomic E-state index is 11.1. The lowest BCUT2D eigenvalue weighted by molar-refractivity contribution is -0.122. The van der Waals surface area contributed by atoms with Crippen molar-refractivity contribution >= 4 is 5.91 Å². The second kappa shape index (κ2) is 16.5. The number of aliphatic hydroxyl groups excluding tert-OH is 1. The van der Waals surface area contributed by atoms with Crippen molar-refractivity contribution in [2.75, 3.05) is 6.73 Å². The molecule has 0 aromatic carbocycles. The Morgan fingerprint density at radius 1 is 0.750 bits per heavy atom. The van der Waals surface area contributed by atoms with E-state index in [4.69, 9.17) is 5.11 Å². The number of hydrogen-bond donors (Lipinski definition) is 2. The molecule has 0 aliphatic carbocycles. The van der Waals surface area contributed by atoms with Crippen LogP contribution in [0.25, 0.3) is 0 Å². The van der Waals surface area contributed by atoms with Gasteiger partial charge in [-0.25, -0.2) is 0 Å². The third-order valence-electron chi connectivity index (χ3n) is 3.78. The summed E-state index contributed by atoms with van der Waals surface area (Å²) >= 11 is 0. The summed E-state index contributed by atoms with van der Waals surface area (Å²) in [4.78, 5) is 11.1. The summed E-state index contributed by atoms with van der Waals surface area (Å²) in [7, 11) is 0. The van der Waals surface area contributed by atoms with E-state index in [-0.39, 0.29) is 12.6 Å². The highest BCUT2D eigenvalue weighted by Gasteiger charge is 1.99. The fraction of sp³-hybridized carbons (Fsp3) is 0.941. The highest BCUT2D eigenvalue weighted by molar-refractivity contribution is 5.75. The summed E-state index contributed by atoms with van der Waals surface area (Å²) in [6.07, 6.45) is 17.7. The Bertz CT molecular complexity index is 207. The summed E-state index contributed by atoms with van der Waals surface area (Å²) in [5, 5.41) is 10.9. The Balaban J connectivity index is 3.01. The molecule has 0 radical (unpaired) electrons. The Morgan fingerprint density at radius 3 is 1.55 bits per heavy atom. The van der Waals surface area contributed by atoms with E-state index in [9.17, 15) is 4.79 Å². The number of nitrogens with one attached hydrogen (secondary N) is 1. The molecule has 0 bridgehead atoms. The molecule has 3 heteroatoms. The molecule has 0 aliphatic heterocycles. The largest absolute Gasteiger partial charge is 0.377 e. The van der Waals surface area contributed by atoms with Gasteiger partial charge in [0, 0.05) is 6.42 Å². The van der Waals surface area contributed by atoms with Gasteiger partial charge in [-0.05, 0) is 6.42 Å². The van der Waals surface area contributed by atoms with Crippen LogP contribution in [0.15, 0.2) is 0 Å². The first kappa shape index (κ1) is 19.4. The van der Waals surface area contributed by atoms with E-state index >= 15 is 0 Å². The molecule has 0 fully saturated rings. The fourth-order valence-electron chi connectivity index (χ4n) is 2.48. The Hall–Kier alpha value is -0.570. The topological polar surface area (TPSA) is 49.3 Å². The van der Waals surface area contributed by atoms with Crippen LogP contribution in [-0.4, -0.2) is 17.7 Å². The first-order chi connectivity index (χ1) is 9.81. The van der Waals surface area contributed by atoms with Gasteiger partial charge in [-0.2, -0.15) is 0 Å². The molecular formula is C17H35NO2. The van der Waals surface area contributed by atoms with Crippen molar-refractivity contribution in [2.24, 2.45) is 0 Å². The molecule has 0 aromatic rings. The molecule has 0 spiro atoms. The molecule has 120 valence electrons. The van der Waals surface area contributed by atoms with Gasteiger partial charge >= 0.3 is 0 Å². The van der Waals surface area contributed by atoms with Gasteiger partial charge in [-0.3, -0.25) is 4.79 Å². The predicted molar refractivity (Wildman–Crippen MR) is 85.5 cm³/mol. The molecule has 0 heterocycles. The van der Waals surface area contributed by atoms with E-state index in [0.29, 0.717) is 6.42 Å². The molecule has 0 atom stereocenters. The molecule has 0 saturated carbocycles. The smallest absolute Gasteiger partial charge is 0.221 e. The number of aliphatic hydroxyl groups is 1. The normalized spacial score (nSPS) is 10.7. The summed E-state index contributed by atoms with van der Waals surface area (Å²) in [5.41, 5.74) is 0. The quantitative estimate of drug-likeness (QED) is 0.343. The Morgan fingerprint density at radius 2 is 1.15 bits per heavy atom. The number of unbranched alkanes of at least 4 members (excludes halogenated alkanes) is 12. The first-order valence-corrected chi connectivity index (χ1v) is 8.68. The molecule has 0 saturated heterocycles. The van der Waals surface area contributed by atoms with E-state index in [1.807, 2.05) is 0 Å². The van der Waals surface area contributed by atoms with E-state index in [0.717, 1.165) is 12.8 Å². The molecular weight excluding hydrogens is 250 g/mol. The molecule has 0 aliphatic rings. The monoisotopic (exact) mass is 285 g/mol. The second-order valence-corrected chi connectivity index (χ2v) is 5.75. The standard InChI is InChI=1S/C17H35NO2/c1-2-3-4-5-6-7-8-9-10-11-12-13-14-15-17(20)18-16-19/h19H,2-16H2,1H3,(H,18,20). The maximum Gasteiger partial charge on any atom is 0.221 e. The van der Waals surface area contributed by atoms with Crippen LogP contribution in [0.5, 0.6) is 0 Å². The number of hydrogen-bond acceptors (Lipinski definition) is 2. The number of carbonyl (C=O) groups excluding carboxylic acids is 1. The minimum Gasteiger partial charge on any atom is -0.377 e. The van der Waals surface area contributed by atoms with Gasteiger partial charge in [0.1, 0.15) is 6.73 Å². The van der Waals surface area contributed by atoms with Crippen molar-refractivity contribution in [2.45, 2.75) is 96.8 Å². The number of amides is 1. The lowest BCUT2D eigenvalue weighted by atomic mass is 10.0. The third-order valence-corrected chi connectivity index (χ3v) is 3.78. The van der Waals surface area contributed by atoms with Gasteiger partial charge in [0.25, 0.3) is 0 Å². The third kappa shape index (κ3) is 15.5. The van der Waals surface area contributed by atoms with Crippen molar-refractivity contribution in [3.05, 3.63) is 0 Å². The zero-order valence-corrected chi connectivity index (χ0v) is 13.5. The van der Waals surface area contributed by atoms with Crippen LogP contribution in [0.1, 0.15) is 96.8 Å². The average molecular weight is 285 g/mol. The number of carbonyl (C=O) groups is 1. The molecule has 2 N–H and O–H groups in total. The molecule has 1 amide bonds. The van der Waals surface area contributed by atoms with Gasteiger partial charge in [0.15, 0.2) is 0 Å². The zero-order valence-electron chi connectivity index (χ0n) is 13.5. The summed E-state index contributed by atoms with van der Waals surface area (Å²) in [6, 6.07) is 0. The van der Waals surface area contributed by atoms with Crippen LogP contribution in [0.3, 0.4) is 0 Å². The molecule has 0 unspecified atom stereocenters. The summed E-state index contributed by atoms with van der Waals surface area (Å²) in [5.74, 6) is -0.0319. The van der Waals surface area contributed by atoms with Crippen molar-refractivity contribution < 1.29 is 9.90 Å². The second-order valence-electron chi connectivity index (χ2n) is 5.75. The summed E-state index contributed by atoms with van der Waals surface area (Å²) < 4.78 is 0. The van der Waals surface area contributed by atoms with Crippen LogP contribution < -0.4 is 5.32 Å². The van der Waals surface area contributed by atoms with Crippen molar-refractivity contribution in [3.63, 3.8) is 0 Å². The van der Waals surface area contributed by atoms with E-state index in [2.05, 4.69) is 12.2 Å². The van der Waals surface area contributed by atoms with Gasteiger partial charge in [-0.1, -0.05) is 84.0 Å². The van der Waals surface area contributed by atoms with Gasteiger partial charge in [0.05, 0.1) is 0 Å².